The number of hydrogen-bond acceptors (Lipinski definition) is 9. The van der Waals surface area contributed by atoms with Gasteiger partial charge in [-0.15, -0.1) is 5.10 Å². The van der Waals surface area contributed by atoms with Crippen molar-refractivity contribution in [3.8, 4) is 0 Å². The molecule has 4 aromatic rings. The predicted octanol–water partition coefficient (Wildman–Crippen LogP) is 2.51. The number of nitrogens with one attached hydrogen (secondary N) is 3. The van der Waals surface area contributed by atoms with Crippen molar-refractivity contribution >= 4 is 67.3 Å². The van der Waals surface area contributed by atoms with Gasteiger partial charge >= 0.3 is 0 Å². The topological polar surface area (TPSA) is 159 Å². The fourth-order valence-electron chi connectivity index (χ4n) is 3.83. The number of fused-ring (bicyclic) bond motifs is 1. The number of aromatic nitrogens is 6. The number of rotatable bonds is 6. The molecule has 0 spiro atoms. The summed E-state index contributed by atoms with van der Waals surface area (Å²) in [6.45, 7) is 2.49. The summed E-state index contributed by atoms with van der Waals surface area (Å²) in [5.74, 6) is 0.463. The van der Waals surface area contributed by atoms with E-state index in [1.165, 1.54) is 17.4 Å². The van der Waals surface area contributed by atoms with E-state index in [0.29, 0.717) is 41.2 Å². The van der Waals surface area contributed by atoms with Gasteiger partial charge in [0, 0.05) is 18.8 Å². The van der Waals surface area contributed by atoms with Crippen LogP contribution in [0.15, 0.2) is 34.4 Å². The molecule has 0 saturated carbocycles. The highest BCUT2D eigenvalue weighted by Crippen LogP contribution is 2.35. The van der Waals surface area contributed by atoms with Gasteiger partial charge in [0.1, 0.15) is 16.7 Å². The highest BCUT2D eigenvalue weighted by atomic mass is 79.9. The first-order chi connectivity index (χ1) is 15.8. The van der Waals surface area contributed by atoms with E-state index in [2.05, 4.69) is 46.8 Å². The highest BCUT2D eigenvalue weighted by Gasteiger charge is 2.45. The maximum atomic E-state index is 13.2. The summed E-state index contributed by atoms with van der Waals surface area (Å²) < 4.78 is 2.52. The number of halogens is 1. The summed E-state index contributed by atoms with van der Waals surface area (Å²) >= 11 is 4.71. The van der Waals surface area contributed by atoms with Gasteiger partial charge in [-0.05, 0) is 47.8 Å². The molecule has 33 heavy (non-hydrogen) atoms. The summed E-state index contributed by atoms with van der Waals surface area (Å²) in [5, 5.41) is 17.8. The molecule has 0 aliphatic carbocycles. The van der Waals surface area contributed by atoms with Crippen molar-refractivity contribution < 1.29 is 9.59 Å². The van der Waals surface area contributed by atoms with Crippen molar-refractivity contribution in [3.63, 3.8) is 0 Å². The minimum Gasteiger partial charge on any atom is -0.364 e. The molecule has 5 rings (SSSR count). The van der Waals surface area contributed by atoms with Crippen LogP contribution in [0.1, 0.15) is 30.3 Å². The highest BCUT2D eigenvalue weighted by molar-refractivity contribution is 9.11. The van der Waals surface area contributed by atoms with Gasteiger partial charge in [0.25, 0.3) is 11.8 Å². The lowest BCUT2D eigenvalue weighted by Gasteiger charge is -2.33. The zero-order valence-corrected chi connectivity index (χ0v) is 19.8. The molecule has 170 valence electrons. The Bertz CT molecular complexity index is 1360. The Hall–Kier alpha value is -3.52. The Labute approximate surface area is 199 Å². The average molecular weight is 531 g/mol. The van der Waals surface area contributed by atoms with Gasteiger partial charge < -0.3 is 16.0 Å². The quantitative estimate of drug-likeness (QED) is 0.295. The average Bonchev–Trinajstić information content (AvgIpc) is 3.55. The van der Waals surface area contributed by atoms with Crippen LogP contribution in [-0.2, 0) is 4.79 Å². The molecule has 5 heterocycles. The third kappa shape index (κ3) is 3.91. The summed E-state index contributed by atoms with van der Waals surface area (Å²) in [6.07, 6.45) is 4.89. The van der Waals surface area contributed by atoms with Crippen molar-refractivity contribution in [2.75, 3.05) is 22.1 Å². The number of carbonyl (C=O) groups excluding carboxylic acids is 2. The van der Waals surface area contributed by atoms with E-state index >= 15 is 0 Å². The normalized spacial score (nSPS) is 18.1. The summed E-state index contributed by atoms with van der Waals surface area (Å²) in [6, 6.07) is 5.20. The number of anilines is 4. The molecular formula is C19H19BrN10O2S. The molecule has 5 N–H and O–H groups in total. The number of aromatic amines is 1. The fourth-order valence-corrected chi connectivity index (χ4v) is 4.93. The van der Waals surface area contributed by atoms with Gasteiger partial charge in [0.15, 0.2) is 16.8 Å². The second-order valence-corrected chi connectivity index (χ2v) is 10.1. The molecule has 4 aromatic heterocycles. The smallest absolute Gasteiger partial charge is 0.266 e. The Morgan fingerprint density at radius 1 is 1.39 bits per heavy atom. The number of nitrogens with zero attached hydrogens (tertiary/aromatic N) is 6. The fraction of sp³-hybridized carbons (Fsp3) is 0.263. The Morgan fingerprint density at radius 3 is 2.97 bits per heavy atom. The van der Waals surface area contributed by atoms with Crippen molar-refractivity contribution in [1.82, 2.24) is 29.8 Å². The number of thiazole rings is 1. The predicted molar refractivity (Wildman–Crippen MR) is 127 cm³/mol. The monoisotopic (exact) mass is 530 g/mol. The van der Waals surface area contributed by atoms with E-state index in [4.69, 9.17) is 10.7 Å². The van der Waals surface area contributed by atoms with Gasteiger partial charge in [-0.1, -0.05) is 11.3 Å². The zero-order chi connectivity index (χ0) is 23.2. The van der Waals surface area contributed by atoms with Gasteiger partial charge in [-0.3, -0.25) is 20.0 Å². The summed E-state index contributed by atoms with van der Waals surface area (Å²) in [4.78, 5) is 35.4. The number of primary amides is 1. The number of amides is 2. The first-order valence-corrected chi connectivity index (χ1v) is 11.6. The number of nitrogens with two attached hydrogens (primary N) is 1. The molecule has 14 heteroatoms. The lowest BCUT2D eigenvalue weighted by atomic mass is 9.98. The molecule has 1 atom stereocenters. The van der Waals surface area contributed by atoms with E-state index in [9.17, 15) is 9.59 Å². The van der Waals surface area contributed by atoms with E-state index in [1.54, 1.807) is 16.9 Å². The number of carbonyl (C=O) groups is 2. The summed E-state index contributed by atoms with van der Waals surface area (Å²) in [5.41, 5.74) is 5.32. The van der Waals surface area contributed by atoms with Crippen LogP contribution in [-0.4, -0.2) is 53.7 Å². The van der Waals surface area contributed by atoms with Gasteiger partial charge in [0.2, 0.25) is 5.95 Å². The van der Waals surface area contributed by atoms with Crippen molar-refractivity contribution in [3.05, 3.63) is 40.1 Å². The van der Waals surface area contributed by atoms with Crippen LogP contribution in [0, 0.1) is 0 Å². The lowest BCUT2D eigenvalue weighted by molar-refractivity contribution is -0.120. The minimum atomic E-state index is -0.859. The number of H-pyrrole nitrogens is 1. The van der Waals surface area contributed by atoms with E-state index < -0.39 is 11.4 Å². The molecule has 1 fully saturated rings. The maximum Gasteiger partial charge on any atom is 0.266 e. The second-order valence-electron chi connectivity index (χ2n) is 7.71. The zero-order valence-electron chi connectivity index (χ0n) is 17.4. The molecule has 0 bridgehead atoms. The molecule has 12 nitrogen and oxygen atoms in total. The largest absolute Gasteiger partial charge is 0.364 e. The molecule has 1 aliphatic rings. The van der Waals surface area contributed by atoms with Crippen LogP contribution in [0.5, 0.6) is 0 Å². The standard InChI is InChI=1S/C19H19BrN10O2S/c1-19(16(32)25-18-22-9-12(20)33-18)5-3-6-29(19)17-24-15(11-4-2-7-30(11)28-17)23-13-8-10(14(21)31)26-27-13/h2,4,7-9H,3,5-6H2,1H3,(H2,21,31)(H,22,25,32)(H2,23,24,26,27,28)/t19-/m0/s1. The molecule has 2 amide bonds. The van der Waals surface area contributed by atoms with Gasteiger partial charge in [-0.25, -0.2) is 9.50 Å². The first kappa shape index (κ1) is 21.3. The second kappa shape index (κ2) is 8.12. The molecule has 0 radical (unpaired) electrons. The SMILES string of the molecule is C[C@@]1(C(=O)Nc2ncc(Br)s2)CCCN1c1nc(Nc2cc(C(N)=O)[nH]n2)c2cccn2n1. The van der Waals surface area contributed by atoms with Crippen LogP contribution in [0.25, 0.3) is 5.52 Å². The minimum absolute atomic E-state index is 0.175. The Balaban J connectivity index is 1.48. The first-order valence-electron chi connectivity index (χ1n) is 10.0. The van der Waals surface area contributed by atoms with Crippen molar-refractivity contribution in [2.24, 2.45) is 5.73 Å². The Kier molecular flexibility index (Phi) is 5.25. The van der Waals surface area contributed by atoms with E-state index in [1.807, 2.05) is 24.0 Å². The van der Waals surface area contributed by atoms with Crippen LogP contribution < -0.4 is 21.3 Å². The van der Waals surface area contributed by atoms with Crippen LogP contribution in [0.2, 0.25) is 0 Å². The number of hydrogen-bond donors (Lipinski definition) is 4. The van der Waals surface area contributed by atoms with Crippen molar-refractivity contribution in [2.45, 2.75) is 25.3 Å². The molecule has 0 aromatic carbocycles. The lowest BCUT2D eigenvalue weighted by Crippen LogP contribution is -2.51. The third-order valence-corrected chi connectivity index (χ3v) is 6.93. The Morgan fingerprint density at radius 2 is 2.24 bits per heavy atom. The van der Waals surface area contributed by atoms with Crippen LogP contribution in [0.4, 0.5) is 22.7 Å². The van der Waals surface area contributed by atoms with Crippen molar-refractivity contribution in [1.29, 1.82) is 0 Å². The van der Waals surface area contributed by atoms with Crippen LogP contribution >= 0.6 is 27.3 Å². The maximum absolute atomic E-state index is 13.2. The van der Waals surface area contributed by atoms with Gasteiger partial charge in [-0.2, -0.15) is 10.1 Å². The third-order valence-electron chi connectivity index (χ3n) is 5.54. The van der Waals surface area contributed by atoms with E-state index in [-0.39, 0.29) is 11.6 Å². The molecule has 1 aliphatic heterocycles. The molecular weight excluding hydrogens is 512 g/mol. The molecule has 1 saturated heterocycles. The van der Waals surface area contributed by atoms with Gasteiger partial charge in [0.05, 0.1) is 9.98 Å². The molecule has 0 unspecified atom stereocenters. The summed E-state index contributed by atoms with van der Waals surface area (Å²) in [7, 11) is 0. The van der Waals surface area contributed by atoms with E-state index in [0.717, 1.165) is 10.2 Å². The van der Waals surface area contributed by atoms with Crippen LogP contribution in [0.3, 0.4) is 0 Å².